The summed E-state index contributed by atoms with van der Waals surface area (Å²) in [6, 6.07) is 5.94. The summed E-state index contributed by atoms with van der Waals surface area (Å²) in [6.45, 7) is 3.92. The zero-order valence-electron chi connectivity index (χ0n) is 11.6. The Kier molecular flexibility index (Phi) is 2.98. The van der Waals surface area contributed by atoms with Crippen LogP contribution < -0.4 is 10.1 Å². The van der Waals surface area contributed by atoms with E-state index < -0.39 is 0 Å². The average Bonchev–Trinajstić information content (AvgIpc) is 2.84. The number of rotatable bonds is 3. The smallest absolute Gasteiger partial charge is 0.204 e. The second kappa shape index (κ2) is 4.80. The number of nitrogens with one attached hydrogen (secondary N) is 1. The lowest BCUT2D eigenvalue weighted by molar-refractivity contribution is 0.416. The summed E-state index contributed by atoms with van der Waals surface area (Å²) < 4.78 is 7.27. The van der Waals surface area contributed by atoms with Gasteiger partial charge >= 0.3 is 0 Å². The van der Waals surface area contributed by atoms with Crippen molar-refractivity contribution in [1.82, 2.24) is 19.6 Å². The highest BCUT2D eigenvalue weighted by atomic mass is 16.5. The maximum absolute atomic E-state index is 5.38. The molecule has 0 unspecified atom stereocenters. The number of anilines is 2. The Labute approximate surface area is 116 Å². The Morgan fingerprint density at radius 3 is 2.85 bits per heavy atom. The van der Waals surface area contributed by atoms with Crippen molar-refractivity contribution < 1.29 is 4.74 Å². The molecule has 2 heterocycles. The van der Waals surface area contributed by atoms with Crippen molar-refractivity contribution in [3.8, 4) is 5.75 Å². The van der Waals surface area contributed by atoms with E-state index in [4.69, 9.17) is 4.74 Å². The summed E-state index contributed by atoms with van der Waals surface area (Å²) in [7, 11) is 1.65. The van der Waals surface area contributed by atoms with Gasteiger partial charge in [0.05, 0.1) is 12.8 Å². The molecule has 0 saturated carbocycles. The fourth-order valence-corrected chi connectivity index (χ4v) is 2.06. The third kappa shape index (κ3) is 2.05. The minimum absolute atomic E-state index is 0.648. The van der Waals surface area contributed by atoms with Crippen LogP contribution in [0.3, 0.4) is 0 Å². The van der Waals surface area contributed by atoms with Crippen LogP contribution in [0.25, 0.3) is 5.65 Å². The molecule has 6 nitrogen and oxygen atoms in total. The molecule has 20 heavy (non-hydrogen) atoms. The average molecular weight is 269 g/mol. The molecule has 0 spiro atoms. The minimum atomic E-state index is 0.648. The number of methoxy groups -OCH3 is 1. The lowest BCUT2D eigenvalue weighted by Gasteiger charge is -2.11. The van der Waals surface area contributed by atoms with Crippen molar-refractivity contribution in [3.05, 3.63) is 42.0 Å². The number of nitrogens with zero attached hydrogens (tertiary/aromatic N) is 4. The molecule has 2 aromatic heterocycles. The molecule has 6 heteroatoms. The summed E-state index contributed by atoms with van der Waals surface area (Å²) >= 11 is 0. The molecule has 0 fully saturated rings. The first-order valence-corrected chi connectivity index (χ1v) is 6.27. The molecule has 0 amide bonds. The second-order valence-electron chi connectivity index (χ2n) is 4.55. The Morgan fingerprint density at radius 2 is 2.05 bits per heavy atom. The molecule has 0 radical (unpaired) electrons. The first-order chi connectivity index (χ1) is 9.69. The quantitative estimate of drug-likeness (QED) is 0.791. The van der Waals surface area contributed by atoms with Gasteiger partial charge in [0.25, 0.3) is 0 Å². The van der Waals surface area contributed by atoms with Gasteiger partial charge in [-0.05, 0) is 31.5 Å². The van der Waals surface area contributed by atoms with Crippen LogP contribution in [-0.4, -0.2) is 26.7 Å². The van der Waals surface area contributed by atoms with Gasteiger partial charge in [-0.15, -0.1) is 10.2 Å². The number of aromatic nitrogens is 4. The van der Waals surface area contributed by atoms with Crippen LogP contribution in [0.4, 0.5) is 11.5 Å². The van der Waals surface area contributed by atoms with Crippen molar-refractivity contribution in [2.75, 3.05) is 12.4 Å². The fourth-order valence-electron chi connectivity index (χ4n) is 2.06. The van der Waals surface area contributed by atoms with Crippen LogP contribution in [0.15, 0.2) is 30.6 Å². The van der Waals surface area contributed by atoms with E-state index >= 15 is 0 Å². The van der Waals surface area contributed by atoms with E-state index in [1.165, 1.54) is 0 Å². The minimum Gasteiger partial charge on any atom is -0.495 e. The number of hydrogen-bond donors (Lipinski definition) is 1. The SMILES string of the molecule is COc1cc(C)ccc1Nc1nccn2c(C)nnc12. The zero-order valence-corrected chi connectivity index (χ0v) is 11.6. The summed E-state index contributed by atoms with van der Waals surface area (Å²) in [4.78, 5) is 4.32. The van der Waals surface area contributed by atoms with E-state index in [2.05, 4.69) is 20.5 Å². The Bertz CT molecular complexity index is 765. The number of ether oxygens (including phenoxy) is 1. The molecule has 0 aliphatic rings. The predicted octanol–water partition coefficient (Wildman–Crippen LogP) is 2.49. The summed E-state index contributed by atoms with van der Waals surface area (Å²) in [5.41, 5.74) is 2.67. The molecule has 1 aromatic carbocycles. The molecule has 0 bridgehead atoms. The Hall–Kier alpha value is -2.63. The lowest BCUT2D eigenvalue weighted by Crippen LogP contribution is -2.00. The zero-order chi connectivity index (χ0) is 14.1. The maximum Gasteiger partial charge on any atom is 0.204 e. The van der Waals surface area contributed by atoms with Crippen LogP contribution in [0, 0.1) is 13.8 Å². The molecular weight excluding hydrogens is 254 g/mol. The van der Waals surface area contributed by atoms with Gasteiger partial charge in [-0.1, -0.05) is 6.07 Å². The fraction of sp³-hybridized carbons (Fsp3) is 0.214. The summed E-state index contributed by atoms with van der Waals surface area (Å²) in [5, 5.41) is 11.4. The summed E-state index contributed by atoms with van der Waals surface area (Å²) in [5.74, 6) is 2.24. The van der Waals surface area contributed by atoms with Crippen molar-refractivity contribution in [2.24, 2.45) is 0 Å². The predicted molar refractivity (Wildman–Crippen MR) is 76.5 cm³/mol. The van der Waals surface area contributed by atoms with Gasteiger partial charge in [-0.2, -0.15) is 0 Å². The van der Waals surface area contributed by atoms with E-state index in [1.807, 2.05) is 42.6 Å². The maximum atomic E-state index is 5.38. The molecule has 0 aliphatic heterocycles. The van der Waals surface area contributed by atoms with Crippen molar-refractivity contribution in [2.45, 2.75) is 13.8 Å². The Balaban J connectivity index is 2.05. The second-order valence-corrected chi connectivity index (χ2v) is 4.55. The highest BCUT2D eigenvalue weighted by Crippen LogP contribution is 2.28. The van der Waals surface area contributed by atoms with E-state index in [0.29, 0.717) is 11.5 Å². The van der Waals surface area contributed by atoms with E-state index in [0.717, 1.165) is 22.8 Å². The van der Waals surface area contributed by atoms with Gasteiger partial charge in [0.2, 0.25) is 5.65 Å². The van der Waals surface area contributed by atoms with Gasteiger partial charge in [0.1, 0.15) is 11.6 Å². The number of benzene rings is 1. The highest BCUT2D eigenvalue weighted by Gasteiger charge is 2.10. The van der Waals surface area contributed by atoms with Gasteiger partial charge in [0, 0.05) is 12.4 Å². The number of aryl methyl sites for hydroxylation is 2. The van der Waals surface area contributed by atoms with Crippen LogP contribution >= 0.6 is 0 Å². The summed E-state index contributed by atoms with van der Waals surface area (Å²) in [6.07, 6.45) is 3.55. The highest BCUT2D eigenvalue weighted by molar-refractivity contribution is 5.73. The van der Waals surface area contributed by atoms with Crippen molar-refractivity contribution >= 4 is 17.2 Å². The van der Waals surface area contributed by atoms with Crippen molar-refractivity contribution in [3.63, 3.8) is 0 Å². The lowest BCUT2D eigenvalue weighted by atomic mass is 10.2. The molecule has 102 valence electrons. The molecule has 1 N–H and O–H groups in total. The molecular formula is C14H15N5O. The monoisotopic (exact) mass is 269 g/mol. The van der Waals surface area contributed by atoms with E-state index in [9.17, 15) is 0 Å². The first kappa shape index (κ1) is 12.4. The van der Waals surface area contributed by atoms with Gasteiger partial charge in [0.15, 0.2) is 5.82 Å². The van der Waals surface area contributed by atoms with Crippen LogP contribution in [0.1, 0.15) is 11.4 Å². The molecule has 0 aliphatic carbocycles. The number of fused-ring (bicyclic) bond motifs is 1. The number of hydrogen-bond acceptors (Lipinski definition) is 5. The normalized spacial score (nSPS) is 10.8. The van der Waals surface area contributed by atoms with E-state index in [1.54, 1.807) is 13.3 Å². The largest absolute Gasteiger partial charge is 0.495 e. The van der Waals surface area contributed by atoms with Gasteiger partial charge in [-0.3, -0.25) is 4.40 Å². The molecule has 0 atom stereocenters. The van der Waals surface area contributed by atoms with Crippen LogP contribution in [0.2, 0.25) is 0 Å². The third-order valence-electron chi connectivity index (χ3n) is 3.11. The molecule has 3 aromatic rings. The van der Waals surface area contributed by atoms with Crippen molar-refractivity contribution in [1.29, 1.82) is 0 Å². The van der Waals surface area contributed by atoms with E-state index in [-0.39, 0.29) is 0 Å². The Morgan fingerprint density at radius 1 is 1.20 bits per heavy atom. The third-order valence-corrected chi connectivity index (χ3v) is 3.11. The van der Waals surface area contributed by atoms with Gasteiger partial charge in [-0.25, -0.2) is 4.98 Å². The molecule has 3 rings (SSSR count). The standard InChI is InChI=1S/C14H15N5O/c1-9-4-5-11(12(8-9)20-3)16-13-14-18-17-10(2)19(14)7-6-15-13/h4-8H,1-3H3,(H,15,16). The van der Waals surface area contributed by atoms with Crippen LogP contribution in [-0.2, 0) is 0 Å². The first-order valence-electron chi connectivity index (χ1n) is 6.27. The van der Waals surface area contributed by atoms with Crippen LogP contribution in [0.5, 0.6) is 5.75 Å². The topological polar surface area (TPSA) is 64.3 Å². The van der Waals surface area contributed by atoms with Gasteiger partial charge < -0.3 is 10.1 Å². The molecule has 0 saturated heterocycles.